The normalized spacial score (nSPS) is 19.8. The highest BCUT2D eigenvalue weighted by Crippen LogP contribution is 1.98. The fourth-order valence-corrected chi connectivity index (χ4v) is 0.753. The minimum Gasteiger partial charge on any atom is -0.386 e. The summed E-state index contributed by atoms with van der Waals surface area (Å²) in [5.41, 5.74) is 1.04. The van der Waals surface area contributed by atoms with Gasteiger partial charge in [0.15, 0.2) is 0 Å². The maximum Gasteiger partial charge on any atom is 0.0263 e. The van der Waals surface area contributed by atoms with Gasteiger partial charge in [0.25, 0.3) is 0 Å². The molecule has 44 valence electrons. The van der Waals surface area contributed by atoms with Crippen molar-refractivity contribution in [2.45, 2.75) is 12.8 Å². The molecule has 0 atom stereocenters. The van der Waals surface area contributed by atoms with Gasteiger partial charge >= 0.3 is 0 Å². The molecule has 0 saturated carbocycles. The molecule has 1 heteroatoms. The van der Waals surface area contributed by atoms with Crippen molar-refractivity contribution in [3.05, 3.63) is 24.4 Å². The Balaban J connectivity index is 2.44. The van der Waals surface area contributed by atoms with Crippen LogP contribution >= 0.6 is 0 Å². The van der Waals surface area contributed by atoms with Crippen LogP contribution in [0.4, 0.5) is 0 Å². The molecule has 0 aromatic heterocycles. The van der Waals surface area contributed by atoms with E-state index in [1.165, 1.54) is 12.8 Å². The third kappa shape index (κ3) is 1.41. The molecule has 0 saturated heterocycles. The first-order valence-corrected chi connectivity index (χ1v) is 2.99. The van der Waals surface area contributed by atoms with Crippen LogP contribution in [0.15, 0.2) is 24.4 Å². The summed E-state index contributed by atoms with van der Waals surface area (Å²) in [7, 11) is 0. The average Bonchev–Trinajstić information content (AvgIpc) is 1.94. The lowest BCUT2D eigenvalue weighted by Crippen LogP contribution is -2.09. The fraction of sp³-hybridized carbons (Fsp3) is 0.429. The maximum atomic E-state index is 3.78. The second-order valence-corrected chi connectivity index (χ2v) is 2.00. The van der Waals surface area contributed by atoms with Crippen molar-refractivity contribution >= 4 is 0 Å². The summed E-state index contributed by atoms with van der Waals surface area (Å²) in [5.74, 6) is 0. The topological polar surface area (TPSA) is 12.0 Å². The van der Waals surface area contributed by atoms with Crippen molar-refractivity contribution in [3.8, 4) is 0 Å². The van der Waals surface area contributed by atoms with E-state index in [4.69, 9.17) is 0 Å². The molecule has 0 radical (unpaired) electrons. The standard InChI is InChI=1S/C7H11N/c1-7-5-3-2-4-6-8-7/h3,5,8H,1-2,4,6H2. The van der Waals surface area contributed by atoms with Crippen molar-refractivity contribution in [2.75, 3.05) is 6.54 Å². The molecule has 1 rings (SSSR count). The number of hydrogen-bond donors (Lipinski definition) is 1. The van der Waals surface area contributed by atoms with E-state index in [0.29, 0.717) is 0 Å². The molecule has 1 heterocycles. The Hall–Kier alpha value is -0.720. The predicted octanol–water partition coefficient (Wildman–Crippen LogP) is 1.44. The van der Waals surface area contributed by atoms with Gasteiger partial charge < -0.3 is 5.32 Å². The van der Waals surface area contributed by atoms with E-state index in [9.17, 15) is 0 Å². The summed E-state index contributed by atoms with van der Waals surface area (Å²) < 4.78 is 0. The Bertz CT molecular complexity index is 114. The highest BCUT2D eigenvalue weighted by molar-refractivity contribution is 5.13. The highest BCUT2D eigenvalue weighted by atomic mass is 14.9. The van der Waals surface area contributed by atoms with Crippen molar-refractivity contribution < 1.29 is 0 Å². The van der Waals surface area contributed by atoms with Gasteiger partial charge in [0.05, 0.1) is 0 Å². The molecule has 0 amide bonds. The van der Waals surface area contributed by atoms with Crippen LogP contribution in [0, 0.1) is 0 Å². The van der Waals surface area contributed by atoms with E-state index < -0.39 is 0 Å². The number of rotatable bonds is 0. The van der Waals surface area contributed by atoms with E-state index in [1.54, 1.807) is 0 Å². The van der Waals surface area contributed by atoms with Crippen molar-refractivity contribution in [1.82, 2.24) is 5.32 Å². The SMILES string of the molecule is C=C1C=CCCCN1. The van der Waals surface area contributed by atoms with Crippen molar-refractivity contribution in [1.29, 1.82) is 0 Å². The minimum atomic E-state index is 1.04. The van der Waals surface area contributed by atoms with Crippen LogP contribution in [0.5, 0.6) is 0 Å². The lowest BCUT2D eigenvalue weighted by Gasteiger charge is -1.98. The average molecular weight is 109 g/mol. The molecule has 1 nitrogen and oxygen atoms in total. The van der Waals surface area contributed by atoms with Gasteiger partial charge in [0.1, 0.15) is 0 Å². The fourth-order valence-electron chi connectivity index (χ4n) is 0.753. The Morgan fingerprint density at radius 3 is 3.38 bits per heavy atom. The summed E-state index contributed by atoms with van der Waals surface area (Å²) in [5, 5.41) is 3.16. The molecule has 0 aromatic rings. The second kappa shape index (κ2) is 2.55. The van der Waals surface area contributed by atoms with Crippen LogP contribution in [0.2, 0.25) is 0 Å². The zero-order chi connectivity index (χ0) is 5.82. The number of allylic oxidation sites excluding steroid dienone is 2. The molecule has 0 fully saturated rings. The van der Waals surface area contributed by atoms with Crippen LogP contribution in [-0.4, -0.2) is 6.54 Å². The Morgan fingerprint density at radius 1 is 1.62 bits per heavy atom. The van der Waals surface area contributed by atoms with Crippen LogP contribution in [0.3, 0.4) is 0 Å². The molecule has 1 aliphatic heterocycles. The minimum absolute atomic E-state index is 1.04. The molecule has 0 spiro atoms. The van der Waals surface area contributed by atoms with Crippen molar-refractivity contribution in [2.24, 2.45) is 0 Å². The summed E-state index contributed by atoms with van der Waals surface area (Å²) in [6.07, 6.45) is 6.61. The van der Waals surface area contributed by atoms with Gasteiger partial charge in [-0.1, -0.05) is 12.7 Å². The van der Waals surface area contributed by atoms with Gasteiger partial charge in [-0.3, -0.25) is 0 Å². The zero-order valence-corrected chi connectivity index (χ0v) is 4.98. The predicted molar refractivity (Wildman–Crippen MR) is 35.5 cm³/mol. The molecule has 8 heavy (non-hydrogen) atoms. The maximum absolute atomic E-state index is 3.78. The van der Waals surface area contributed by atoms with Gasteiger partial charge in [-0.05, 0) is 18.9 Å². The van der Waals surface area contributed by atoms with Crippen LogP contribution in [0.1, 0.15) is 12.8 Å². The quantitative estimate of drug-likeness (QED) is 0.496. The molecular formula is C7H11N. The first-order chi connectivity index (χ1) is 3.89. The van der Waals surface area contributed by atoms with Crippen LogP contribution in [-0.2, 0) is 0 Å². The third-order valence-electron chi connectivity index (χ3n) is 1.22. The van der Waals surface area contributed by atoms with Gasteiger partial charge in [0, 0.05) is 12.2 Å². The Labute approximate surface area is 50.1 Å². The molecule has 0 aromatic carbocycles. The Morgan fingerprint density at radius 2 is 2.50 bits per heavy atom. The molecular weight excluding hydrogens is 98.1 g/mol. The molecule has 0 unspecified atom stereocenters. The summed E-state index contributed by atoms with van der Waals surface area (Å²) in [6.45, 7) is 4.85. The largest absolute Gasteiger partial charge is 0.386 e. The molecule has 1 N–H and O–H groups in total. The van der Waals surface area contributed by atoms with Gasteiger partial charge in [-0.15, -0.1) is 0 Å². The summed E-state index contributed by atoms with van der Waals surface area (Å²) in [4.78, 5) is 0. The zero-order valence-electron chi connectivity index (χ0n) is 4.98. The second-order valence-electron chi connectivity index (χ2n) is 2.00. The lowest BCUT2D eigenvalue weighted by molar-refractivity contribution is 0.765. The smallest absolute Gasteiger partial charge is 0.0263 e. The van der Waals surface area contributed by atoms with Crippen LogP contribution in [0.25, 0.3) is 0 Å². The van der Waals surface area contributed by atoms with E-state index in [2.05, 4.69) is 18.0 Å². The van der Waals surface area contributed by atoms with E-state index in [0.717, 1.165) is 12.2 Å². The van der Waals surface area contributed by atoms with Gasteiger partial charge in [0.2, 0.25) is 0 Å². The summed E-state index contributed by atoms with van der Waals surface area (Å²) >= 11 is 0. The molecule has 1 aliphatic rings. The number of hydrogen-bond acceptors (Lipinski definition) is 1. The third-order valence-corrected chi connectivity index (χ3v) is 1.22. The monoisotopic (exact) mass is 109 g/mol. The molecule has 0 bridgehead atoms. The van der Waals surface area contributed by atoms with Crippen LogP contribution < -0.4 is 5.32 Å². The van der Waals surface area contributed by atoms with Gasteiger partial charge in [-0.2, -0.15) is 0 Å². The summed E-state index contributed by atoms with van der Waals surface area (Å²) in [6, 6.07) is 0. The first kappa shape index (κ1) is 5.42. The van der Waals surface area contributed by atoms with E-state index in [1.807, 2.05) is 6.08 Å². The van der Waals surface area contributed by atoms with Gasteiger partial charge in [-0.25, -0.2) is 0 Å². The number of nitrogens with one attached hydrogen (secondary N) is 1. The lowest BCUT2D eigenvalue weighted by atomic mass is 10.3. The van der Waals surface area contributed by atoms with Crippen molar-refractivity contribution in [3.63, 3.8) is 0 Å². The van der Waals surface area contributed by atoms with E-state index in [-0.39, 0.29) is 0 Å². The van der Waals surface area contributed by atoms with E-state index >= 15 is 0 Å². The highest BCUT2D eigenvalue weighted by Gasteiger charge is 1.90. The first-order valence-electron chi connectivity index (χ1n) is 2.99. The Kier molecular flexibility index (Phi) is 1.73. The molecule has 0 aliphatic carbocycles.